The molecule has 12 heteroatoms. The molecule has 0 fully saturated rings. The molecule has 2 aromatic rings. The molecule has 3 amide bonds. The lowest BCUT2D eigenvalue weighted by Gasteiger charge is -2.26. The summed E-state index contributed by atoms with van der Waals surface area (Å²) in [6, 6.07) is 8.36. The molecule has 0 bridgehead atoms. The van der Waals surface area contributed by atoms with Crippen LogP contribution in [0.2, 0.25) is 0 Å². The number of rotatable bonds is 8. The third-order valence-electron chi connectivity index (χ3n) is 4.63. The number of hydrogen-bond acceptors (Lipinski definition) is 4. The van der Waals surface area contributed by atoms with Gasteiger partial charge in [0.15, 0.2) is 0 Å². The van der Waals surface area contributed by atoms with Crippen LogP contribution in [0.4, 0.5) is 35.0 Å². The first kappa shape index (κ1) is 25.9. The summed E-state index contributed by atoms with van der Waals surface area (Å²) in [5.74, 6) is -0.325. The van der Waals surface area contributed by atoms with Crippen LogP contribution in [-0.2, 0) is 11.0 Å². The van der Waals surface area contributed by atoms with Crippen molar-refractivity contribution in [3.8, 4) is 0 Å². The molecule has 2 rings (SSSR count). The summed E-state index contributed by atoms with van der Waals surface area (Å²) < 4.78 is 39.5. The molecule has 0 saturated heterocycles. The Bertz CT molecular complexity index is 1010. The minimum atomic E-state index is -4.62. The lowest BCUT2D eigenvalue weighted by Crippen LogP contribution is -2.44. The number of benzene rings is 2. The number of amides is 3. The van der Waals surface area contributed by atoms with Gasteiger partial charge >= 0.3 is 12.2 Å². The Morgan fingerprint density at radius 3 is 2.30 bits per heavy atom. The van der Waals surface area contributed by atoms with Crippen LogP contribution in [0.15, 0.2) is 48.5 Å². The van der Waals surface area contributed by atoms with Gasteiger partial charge in [-0.25, -0.2) is 4.79 Å². The van der Waals surface area contributed by atoms with E-state index >= 15 is 0 Å². The Morgan fingerprint density at radius 2 is 1.76 bits per heavy atom. The largest absolute Gasteiger partial charge is 0.416 e. The number of urea groups is 1. The number of nitrogens with zero attached hydrogens (tertiary/aromatic N) is 2. The van der Waals surface area contributed by atoms with Crippen molar-refractivity contribution >= 4 is 40.6 Å². The fourth-order valence-corrected chi connectivity index (χ4v) is 2.76. The number of nitrogens with one attached hydrogen (secondary N) is 2. The van der Waals surface area contributed by atoms with Crippen LogP contribution in [0.3, 0.4) is 0 Å². The van der Waals surface area contributed by atoms with Gasteiger partial charge in [0.25, 0.3) is 5.69 Å². The highest BCUT2D eigenvalue weighted by Crippen LogP contribution is 2.32. The van der Waals surface area contributed by atoms with E-state index in [0.29, 0.717) is 0 Å². The second kappa shape index (κ2) is 10.5. The van der Waals surface area contributed by atoms with Crippen molar-refractivity contribution in [1.82, 2.24) is 5.32 Å². The Kier molecular flexibility index (Phi) is 8.26. The molecular weight excluding hydrogens is 465 g/mol. The van der Waals surface area contributed by atoms with Crippen molar-refractivity contribution in [3.63, 3.8) is 0 Å². The summed E-state index contributed by atoms with van der Waals surface area (Å²) >= 11 is 5.77. The predicted molar refractivity (Wildman–Crippen MR) is 118 cm³/mol. The second-order valence-corrected chi connectivity index (χ2v) is 7.97. The van der Waals surface area contributed by atoms with Crippen LogP contribution in [0.1, 0.15) is 19.4 Å². The molecule has 2 N–H and O–H groups in total. The highest BCUT2D eigenvalue weighted by atomic mass is 35.5. The summed E-state index contributed by atoms with van der Waals surface area (Å²) in [5, 5.41) is 15.9. The number of non-ortho nitro benzene ring substituents is 1. The van der Waals surface area contributed by atoms with Crippen LogP contribution >= 0.6 is 11.6 Å². The van der Waals surface area contributed by atoms with E-state index in [4.69, 9.17) is 11.6 Å². The minimum absolute atomic E-state index is 0.0462. The predicted octanol–water partition coefficient (Wildman–Crippen LogP) is 5.03. The zero-order valence-electron chi connectivity index (χ0n) is 17.8. The van der Waals surface area contributed by atoms with E-state index < -0.39 is 28.1 Å². The van der Waals surface area contributed by atoms with Gasteiger partial charge in [-0.2, -0.15) is 13.2 Å². The summed E-state index contributed by atoms with van der Waals surface area (Å²) in [5.41, 5.74) is -1.85. The molecule has 178 valence electrons. The fraction of sp³-hybridized carbons (Fsp3) is 0.333. The van der Waals surface area contributed by atoms with Gasteiger partial charge in [-0.1, -0.05) is 6.07 Å². The first-order valence-corrected chi connectivity index (χ1v) is 10.2. The van der Waals surface area contributed by atoms with Crippen LogP contribution in [-0.4, -0.2) is 35.8 Å². The number of nitro benzene ring substituents is 1. The molecular formula is C21H22ClF3N4O4. The number of carbonyl (C=O) groups excluding carboxylic acids is 2. The number of halogens is 4. The molecule has 0 saturated carbocycles. The molecule has 0 aromatic heterocycles. The van der Waals surface area contributed by atoms with Gasteiger partial charge in [0.2, 0.25) is 5.91 Å². The molecule has 0 radical (unpaired) electrons. The maximum absolute atomic E-state index is 13.2. The summed E-state index contributed by atoms with van der Waals surface area (Å²) in [6.45, 7) is 3.05. The van der Waals surface area contributed by atoms with Crippen LogP contribution in [0.25, 0.3) is 0 Å². The molecule has 0 atom stereocenters. The molecule has 0 heterocycles. The quantitative estimate of drug-likeness (QED) is 0.310. The van der Waals surface area contributed by atoms with Gasteiger partial charge in [-0.3, -0.25) is 19.8 Å². The van der Waals surface area contributed by atoms with E-state index in [1.54, 1.807) is 13.8 Å². The molecule has 0 aliphatic heterocycles. The van der Waals surface area contributed by atoms with Crippen LogP contribution in [0.5, 0.6) is 0 Å². The van der Waals surface area contributed by atoms with E-state index in [9.17, 15) is 32.9 Å². The topological polar surface area (TPSA) is 105 Å². The molecule has 0 unspecified atom stereocenters. The minimum Gasteiger partial charge on any atom is -0.354 e. The van der Waals surface area contributed by atoms with Crippen molar-refractivity contribution in [2.24, 2.45) is 5.41 Å². The third-order valence-corrected chi connectivity index (χ3v) is 5.30. The lowest BCUT2D eigenvalue weighted by molar-refractivity contribution is -0.384. The van der Waals surface area contributed by atoms with Crippen molar-refractivity contribution in [2.45, 2.75) is 20.0 Å². The van der Waals surface area contributed by atoms with Gasteiger partial charge in [0.05, 0.1) is 15.9 Å². The Morgan fingerprint density at radius 1 is 1.12 bits per heavy atom. The molecule has 0 aliphatic rings. The average molecular weight is 487 g/mol. The van der Waals surface area contributed by atoms with E-state index in [0.717, 1.165) is 17.0 Å². The number of hydrogen-bond donors (Lipinski definition) is 2. The van der Waals surface area contributed by atoms with Gasteiger partial charge in [-0.15, -0.1) is 11.6 Å². The van der Waals surface area contributed by atoms with Gasteiger partial charge in [0, 0.05) is 42.5 Å². The smallest absolute Gasteiger partial charge is 0.354 e. The Hall–Kier alpha value is -3.34. The standard InChI is InChI=1S/C21H22ClF3N4O4/c1-20(2,13-22)18(30)26-10-11-28(17-5-3-4-14(12-17)21(23,24)25)19(31)27-15-6-8-16(9-7-15)29(32)33/h3-9,12H,10-11,13H2,1-2H3,(H,26,30)(H,27,31). The third kappa shape index (κ3) is 7.07. The maximum Gasteiger partial charge on any atom is 0.416 e. The molecule has 2 aromatic carbocycles. The second-order valence-electron chi connectivity index (χ2n) is 7.71. The van der Waals surface area contributed by atoms with Crippen molar-refractivity contribution < 1.29 is 27.7 Å². The summed E-state index contributed by atoms with van der Waals surface area (Å²) in [6.07, 6.45) is -4.62. The molecule has 0 spiro atoms. The van der Waals surface area contributed by atoms with Crippen LogP contribution < -0.4 is 15.5 Å². The Labute approximate surface area is 192 Å². The SMILES string of the molecule is CC(C)(CCl)C(=O)NCCN(C(=O)Nc1ccc([N+](=O)[O-])cc1)c1cccc(C(F)(F)F)c1. The van der Waals surface area contributed by atoms with Gasteiger partial charge < -0.3 is 10.6 Å². The van der Waals surface area contributed by atoms with Gasteiger partial charge in [0.1, 0.15) is 0 Å². The Balaban J connectivity index is 2.25. The normalized spacial score (nSPS) is 11.6. The first-order valence-electron chi connectivity index (χ1n) is 9.69. The fourth-order valence-electron chi connectivity index (χ4n) is 2.64. The van der Waals surface area contributed by atoms with E-state index in [1.165, 1.54) is 36.4 Å². The lowest BCUT2D eigenvalue weighted by atomic mass is 9.95. The molecule has 8 nitrogen and oxygen atoms in total. The zero-order valence-corrected chi connectivity index (χ0v) is 18.5. The molecule has 0 aliphatic carbocycles. The van der Waals surface area contributed by atoms with E-state index in [1.807, 2.05) is 0 Å². The maximum atomic E-state index is 13.2. The average Bonchev–Trinajstić information content (AvgIpc) is 2.76. The highest BCUT2D eigenvalue weighted by Gasteiger charge is 2.31. The number of carbonyl (C=O) groups is 2. The first-order chi connectivity index (χ1) is 15.3. The number of anilines is 2. The summed E-state index contributed by atoms with van der Waals surface area (Å²) in [4.78, 5) is 36.3. The summed E-state index contributed by atoms with van der Waals surface area (Å²) in [7, 11) is 0. The van der Waals surface area contributed by atoms with Crippen molar-refractivity contribution in [2.75, 3.05) is 29.2 Å². The van der Waals surface area contributed by atoms with E-state index in [2.05, 4.69) is 10.6 Å². The van der Waals surface area contributed by atoms with Crippen molar-refractivity contribution in [1.29, 1.82) is 0 Å². The van der Waals surface area contributed by atoms with Crippen LogP contribution in [0, 0.1) is 15.5 Å². The number of alkyl halides is 4. The highest BCUT2D eigenvalue weighted by molar-refractivity contribution is 6.19. The molecule has 33 heavy (non-hydrogen) atoms. The van der Waals surface area contributed by atoms with Crippen molar-refractivity contribution in [3.05, 3.63) is 64.2 Å². The zero-order chi connectivity index (χ0) is 24.8. The van der Waals surface area contributed by atoms with Gasteiger partial charge in [-0.05, 0) is 44.2 Å². The monoisotopic (exact) mass is 486 g/mol. The number of nitro groups is 1. The van der Waals surface area contributed by atoms with E-state index in [-0.39, 0.29) is 41.9 Å².